The van der Waals surface area contributed by atoms with Gasteiger partial charge in [0.1, 0.15) is 11.6 Å². The van der Waals surface area contributed by atoms with Crippen LogP contribution < -0.4 is 10.1 Å². The first-order valence-electron chi connectivity index (χ1n) is 9.61. The summed E-state index contributed by atoms with van der Waals surface area (Å²) in [5, 5.41) is 3.92. The number of nitrogens with one attached hydrogen (secondary N) is 1. The maximum atomic E-state index is 11.6. The molecule has 0 saturated carbocycles. The number of carbonyl (C=O) groups excluding carboxylic acids is 1. The fourth-order valence-corrected chi connectivity index (χ4v) is 4.61. The molecule has 2 atom stereocenters. The third kappa shape index (κ3) is 3.23. The molecule has 7 nitrogen and oxygen atoms in total. The van der Waals surface area contributed by atoms with Crippen LogP contribution in [0.2, 0.25) is 0 Å². The monoisotopic (exact) mass is 407 g/mol. The number of ether oxygens (including phenoxy) is 1. The molecule has 3 aromatic heterocycles. The summed E-state index contributed by atoms with van der Waals surface area (Å²) < 4.78 is 9.35. The zero-order valence-electron chi connectivity index (χ0n) is 16.5. The molecule has 8 heteroatoms. The number of rotatable bonds is 4. The van der Waals surface area contributed by atoms with Crippen LogP contribution in [0.25, 0.3) is 32.5 Å². The largest absolute Gasteiger partial charge is 0.473 e. The predicted molar refractivity (Wildman–Crippen MR) is 113 cm³/mol. The van der Waals surface area contributed by atoms with Crippen molar-refractivity contribution in [2.75, 3.05) is 6.54 Å². The molecule has 1 amide bonds. The number of aryl methyl sites for hydroxylation is 2. The van der Waals surface area contributed by atoms with Crippen molar-refractivity contribution in [2.24, 2.45) is 13.0 Å². The van der Waals surface area contributed by atoms with Crippen molar-refractivity contribution in [1.82, 2.24) is 24.8 Å². The number of hydrogen-bond acceptors (Lipinski definition) is 6. The quantitative estimate of drug-likeness (QED) is 0.560. The fraction of sp³-hybridized carbons (Fsp3) is 0.333. The number of carbonyl (C=O) groups is 1. The lowest BCUT2D eigenvalue weighted by Gasteiger charge is -2.20. The molecule has 0 aliphatic carbocycles. The van der Waals surface area contributed by atoms with Gasteiger partial charge in [-0.3, -0.25) is 4.79 Å². The van der Waals surface area contributed by atoms with Gasteiger partial charge in [0.25, 0.3) is 0 Å². The highest BCUT2D eigenvalue weighted by atomic mass is 32.1. The summed E-state index contributed by atoms with van der Waals surface area (Å²) in [4.78, 5) is 25.5. The van der Waals surface area contributed by atoms with Crippen molar-refractivity contribution in [3.63, 3.8) is 0 Å². The molecular formula is C21H21N5O2S. The molecule has 1 aliphatic rings. The van der Waals surface area contributed by atoms with E-state index in [9.17, 15) is 4.79 Å². The molecule has 1 aliphatic heterocycles. The Labute approximate surface area is 171 Å². The van der Waals surface area contributed by atoms with E-state index in [0.717, 1.165) is 37.5 Å². The highest BCUT2D eigenvalue weighted by Crippen LogP contribution is 2.32. The van der Waals surface area contributed by atoms with Gasteiger partial charge in [0, 0.05) is 31.5 Å². The minimum absolute atomic E-state index is 0.0738. The smallest absolute Gasteiger partial charge is 0.241 e. The number of amides is 1. The molecule has 1 fully saturated rings. The molecule has 5 rings (SSSR count). The van der Waals surface area contributed by atoms with E-state index in [4.69, 9.17) is 9.72 Å². The maximum absolute atomic E-state index is 11.6. The Kier molecular flexibility index (Phi) is 4.24. The van der Waals surface area contributed by atoms with Crippen LogP contribution in [0.1, 0.15) is 18.4 Å². The molecule has 1 saturated heterocycles. The Morgan fingerprint density at radius 2 is 2.14 bits per heavy atom. The minimum atomic E-state index is -0.140. The SMILES string of the molecule is Cc1nc2cc(-c3cc4ncn(C)c4c(O[C@H](C)C4CNC(=O)C4)n3)ccc2s1. The van der Waals surface area contributed by atoms with Gasteiger partial charge in [0.2, 0.25) is 11.8 Å². The molecule has 1 aromatic carbocycles. The van der Waals surface area contributed by atoms with Gasteiger partial charge in [0.05, 0.1) is 32.8 Å². The molecule has 1 N–H and O–H groups in total. The van der Waals surface area contributed by atoms with Crippen LogP contribution in [0.15, 0.2) is 30.6 Å². The van der Waals surface area contributed by atoms with Crippen molar-refractivity contribution in [2.45, 2.75) is 26.4 Å². The van der Waals surface area contributed by atoms with Crippen LogP contribution in [-0.2, 0) is 11.8 Å². The number of hydrogen-bond donors (Lipinski definition) is 1. The number of thiazole rings is 1. The molecule has 1 unspecified atom stereocenters. The molecule has 0 radical (unpaired) electrons. The second-order valence-electron chi connectivity index (χ2n) is 7.54. The van der Waals surface area contributed by atoms with E-state index in [1.54, 1.807) is 17.7 Å². The summed E-state index contributed by atoms with van der Waals surface area (Å²) >= 11 is 1.68. The number of aromatic nitrogens is 4. The van der Waals surface area contributed by atoms with Gasteiger partial charge in [0.15, 0.2) is 0 Å². The van der Waals surface area contributed by atoms with E-state index in [1.165, 1.54) is 0 Å². The number of benzene rings is 1. The first kappa shape index (κ1) is 18.1. The number of fused-ring (bicyclic) bond motifs is 2. The summed E-state index contributed by atoms with van der Waals surface area (Å²) in [5.41, 5.74) is 4.43. The highest BCUT2D eigenvalue weighted by Gasteiger charge is 2.29. The number of nitrogens with zero attached hydrogens (tertiary/aromatic N) is 4. The van der Waals surface area contributed by atoms with Crippen LogP contribution in [0.3, 0.4) is 0 Å². The average Bonchev–Trinajstić information content (AvgIpc) is 3.39. The molecule has 0 spiro atoms. The molecule has 148 valence electrons. The van der Waals surface area contributed by atoms with Gasteiger partial charge in [-0.15, -0.1) is 11.3 Å². The predicted octanol–water partition coefficient (Wildman–Crippen LogP) is 3.46. The average molecular weight is 407 g/mol. The standard InChI is InChI=1S/C21H21N5O2S/c1-11(14-7-19(27)22-9-14)28-21-20-17(23-10-26(20)3)8-15(25-21)13-4-5-18-16(6-13)24-12(2)29-18/h4-6,8,10-11,14H,7,9H2,1-3H3,(H,22,27)/t11-,14?/m1/s1. The van der Waals surface area contributed by atoms with E-state index in [2.05, 4.69) is 33.5 Å². The van der Waals surface area contributed by atoms with E-state index in [-0.39, 0.29) is 17.9 Å². The minimum Gasteiger partial charge on any atom is -0.473 e. The van der Waals surface area contributed by atoms with E-state index in [1.807, 2.05) is 31.5 Å². The number of pyridine rings is 1. The summed E-state index contributed by atoms with van der Waals surface area (Å²) in [6.07, 6.45) is 2.11. The first-order chi connectivity index (χ1) is 14.0. The maximum Gasteiger partial charge on any atom is 0.241 e. The van der Waals surface area contributed by atoms with Gasteiger partial charge < -0.3 is 14.6 Å². The van der Waals surface area contributed by atoms with Gasteiger partial charge in [-0.25, -0.2) is 15.0 Å². The Hall–Kier alpha value is -3.00. The van der Waals surface area contributed by atoms with Gasteiger partial charge in [-0.1, -0.05) is 6.07 Å². The van der Waals surface area contributed by atoms with Crippen molar-refractivity contribution in [3.05, 3.63) is 35.6 Å². The molecule has 0 bridgehead atoms. The van der Waals surface area contributed by atoms with Gasteiger partial charge >= 0.3 is 0 Å². The summed E-state index contributed by atoms with van der Waals surface area (Å²) in [7, 11) is 1.93. The Morgan fingerprint density at radius 1 is 1.28 bits per heavy atom. The summed E-state index contributed by atoms with van der Waals surface area (Å²) in [5.74, 6) is 0.745. The molecule has 4 heterocycles. The van der Waals surface area contributed by atoms with Gasteiger partial charge in [-0.05, 0) is 32.0 Å². The second kappa shape index (κ2) is 6.81. The van der Waals surface area contributed by atoms with Crippen molar-refractivity contribution in [3.8, 4) is 17.1 Å². The summed E-state index contributed by atoms with van der Waals surface area (Å²) in [6, 6.07) is 8.18. The Balaban J connectivity index is 1.57. The topological polar surface area (TPSA) is 81.9 Å². The fourth-order valence-electron chi connectivity index (χ4n) is 3.80. The molecule has 29 heavy (non-hydrogen) atoms. The lowest BCUT2D eigenvalue weighted by atomic mass is 10.0. The third-order valence-corrected chi connectivity index (χ3v) is 6.38. The van der Waals surface area contributed by atoms with Crippen LogP contribution in [0.4, 0.5) is 0 Å². The van der Waals surface area contributed by atoms with Crippen molar-refractivity contribution in [1.29, 1.82) is 0 Å². The van der Waals surface area contributed by atoms with E-state index >= 15 is 0 Å². The van der Waals surface area contributed by atoms with Crippen LogP contribution >= 0.6 is 11.3 Å². The normalized spacial score (nSPS) is 17.8. The van der Waals surface area contributed by atoms with Gasteiger partial charge in [-0.2, -0.15) is 0 Å². The summed E-state index contributed by atoms with van der Waals surface area (Å²) in [6.45, 7) is 4.64. The molecule has 4 aromatic rings. The van der Waals surface area contributed by atoms with E-state index < -0.39 is 0 Å². The highest BCUT2D eigenvalue weighted by molar-refractivity contribution is 7.18. The number of imidazole rings is 1. The first-order valence-corrected chi connectivity index (χ1v) is 10.4. The van der Waals surface area contributed by atoms with Crippen LogP contribution in [-0.4, -0.2) is 38.1 Å². The molecular weight excluding hydrogens is 386 g/mol. The lowest BCUT2D eigenvalue weighted by molar-refractivity contribution is -0.119. The lowest BCUT2D eigenvalue weighted by Crippen LogP contribution is -2.26. The van der Waals surface area contributed by atoms with Crippen molar-refractivity contribution >= 4 is 38.5 Å². The zero-order chi connectivity index (χ0) is 20.1. The Morgan fingerprint density at radius 3 is 2.93 bits per heavy atom. The zero-order valence-corrected chi connectivity index (χ0v) is 17.3. The van der Waals surface area contributed by atoms with Crippen molar-refractivity contribution < 1.29 is 9.53 Å². The third-order valence-electron chi connectivity index (χ3n) is 5.42. The van der Waals surface area contributed by atoms with E-state index in [0.29, 0.717) is 18.8 Å². The Bertz CT molecular complexity index is 1240. The second-order valence-corrected chi connectivity index (χ2v) is 8.78. The van der Waals surface area contributed by atoms with Crippen LogP contribution in [0.5, 0.6) is 5.88 Å². The van der Waals surface area contributed by atoms with Crippen LogP contribution in [0, 0.1) is 12.8 Å².